The molecule has 0 amide bonds. The number of aromatic carboxylic acids is 1. The predicted octanol–water partition coefficient (Wildman–Crippen LogP) is 3.00. The van der Waals surface area contributed by atoms with Gasteiger partial charge in [0.05, 0.1) is 22.7 Å². The van der Waals surface area contributed by atoms with Gasteiger partial charge < -0.3 is 10.8 Å². The third kappa shape index (κ3) is 7.47. The smallest absolute Gasteiger partial charge is 0.338 e. The van der Waals surface area contributed by atoms with Crippen LogP contribution in [0.5, 0.6) is 0 Å². The second kappa shape index (κ2) is 11.9. The molecular formula is C24H22FN5O4S. The quantitative estimate of drug-likeness (QED) is 0.354. The number of carboxylic acids is 1. The summed E-state index contributed by atoms with van der Waals surface area (Å²) in [5.74, 6) is -1.18. The van der Waals surface area contributed by atoms with Gasteiger partial charge in [-0.25, -0.2) is 32.3 Å². The van der Waals surface area contributed by atoms with Crippen LogP contribution in [-0.2, 0) is 23.1 Å². The number of benzene rings is 2. The summed E-state index contributed by atoms with van der Waals surface area (Å²) in [6.07, 6.45) is 4.00. The van der Waals surface area contributed by atoms with Crippen LogP contribution in [0.4, 0.5) is 4.39 Å². The van der Waals surface area contributed by atoms with Crippen molar-refractivity contribution in [1.82, 2.24) is 19.7 Å². The Morgan fingerprint density at radius 1 is 0.971 bits per heavy atom. The van der Waals surface area contributed by atoms with Crippen molar-refractivity contribution >= 4 is 16.0 Å². The van der Waals surface area contributed by atoms with Crippen LogP contribution in [0.25, 0.3) is 11.4 Å². The minimum absolute atomic E-state index is 0.000142. The van der Waals surface area contributed by atoms with E-state index < -0.39 is 16.0 Å². The summed E-state index contributed by atoms with van der Waals surface area (Å²) in [5, 5.41) is 8.65. The number of hydrogen-bond donors (Lipinski definition) is 3. The molecule has 4 aromatic rings. The lowest BCUT2D eigenvalue weighted by molar-refractivity contribution is 0.0696. The fourth-order valence-corrected chi connectivity index (χ4v) is 3.88. The summed E-state index contributed by atoms with van der Waals surface area (Å²) in [7, 11) is -3.54. The molecule has 0 spiro atoms. The molecule has 4 N–H and O–H groups in total. The van der Waals surface area contributed by atoms with Crippen molar-refractivity contribution in [3.8, 4) is 11.4 Å². The molecule has 0 bridgehead atoms. The number of hydrogen-bond acceptors (Lipinski definition) is 7. The van der Waals surface area contributed by atoms with E-state index >= 15 is 0 Å². The summed E-state index contributed by atoms with van der Waals surface area (Å²) in [5.41, 5.74) is 7.46. The third-order valence-electron chi connectivity index (χ3n) is 4.60. The SMILES string of the molecule is NCc1cccc(S(=O)(=O)NCc2ccccn2)c1.O=C(O)c1cnc(-c2cccc(F)c2)nc1. The van der Waals surface area contributed by atoms with Gasteiger partial charge in [0.25, 0.3) is 0 Å². The van der Waals surface area contributed by atoms with Crippen molar-refractivity contribution in [2.75, 3.05) is 0 Å². The highest BCUT2D eigenvalue weighted by Gasteiger charge is 2.14. The number of pyridine rings is 1. The fourth-order valence-electron chi connectivity index (χ4n) is 2.81. The maximum atomic E-state index is 12.9. The topological polar surface area (TPSA) is 148 Å². The first kappa shape index (κ1) is 25.6. The number of halogens is 1. The molecule has 9 nitrogen and oxygen atoms in total. The number of carboxylic acid groups (broad SMARTS) is 1. The molecule has 0 aliphatic rings. The van der Waals surface area contributed by atoms with Crippen LogP contribution in [0.15, 0.2) is 90.2 Å². The number of nitrogens with two attached hydrogens (primary N) is 1. The third-order valence-corrected chi connectivity index (χ3v) is 5.99. The Morgan fingerprint density at radius 2 is 1.71 bits per heavy atom. The molecule has 4 rings (SSSR count). The summed E-state index contributed by atoms with van der Waals surface area (Å²) < 4.78 is 39.6. The van der Waals surface area contributed by atoms with E-state index in [1.54, 1.807) is 54.7 Å². The lowest BCUT2D eigenvalue weighted by atomic mass is 10.2. The summed E-state index contributed by atoms with van der Waals surface area (Å²) in [6, 6.07) is 17.7. The largest absolute Gasteiger partial charge is 0.478 e. The zero-order valence-corrected chi connectivity index (χ0v) is 19.2. The van der Waals surface area contributed by atoms with Crippen LogP contribution in [0, 0.1) is 5.82 Å². The molecule has 2 heterocycles. The van der Waals surface area contributed by atoms with Crippen LogP contribution < -0.4 is 10.5 Å². The second-order valence-electron chi connectivity index (χ2n) is 7.11. The Labute approximate surface area is 201 Å². The molecule has 35 heavy (non-hydrogen) atoms. The molecule has 0 fully saturated rings. The van der Waals surface area contributed by atoms with Crippen molar-refractivity contribution in [1.29, 1.82) is 0 Å². The van der Waals surface area contributed by atoms with Crippen molar-refractivity contribution < 1.29 is 22.7 Å². The number of carbonyl (C=O) groups is 1. The first-order chi connectivity index (χ1) is 16.8. The first-order valence-electron chi connectivity index (χ1n) is 10.3. The molecule has 180 valence electrons. The lowest BCUT2D eigenvalue weighted by Crippen LogP contribution is -2.23. The fraction of sp³-hybridized carbons (Fsp3) is 0.0833. The first-order valence-corrected chi connectivity index (χ1v) is 11.8. The van der Waals surface area contributed by atoms with Crippen molar-refractivity contribution in [2.45, 2.75) is 18.0 Å². The van der Waals surface area contributed by atoms with Crippen LogP contribution >= 0.6 is 0 Å². The van der Waals surface area contributed by atoms with E-state index in [-0.39, 0.29) is 22.8 Å². The van der Waals surface area contributed by atoms with Gasteiger partial charge in [-0.15, -0.1) is 0 Å². The molecule has 0 aliphatic heterocycles. The van der Waals surface area contributed by atoms with Crippen molar-refractivity contribution in [3.05, 3.63) is 108 Å². The van der Waals surface area contributed by atoms with Gasteiger partial charge in [-0.1, -0.05) is 30.3 Å². The molecule has 0 saturated carbocycles. The second-order valence-corrected chi connectivity index (χ2v) is 8.87. The molecule has 0 unspecified atom stereocenters. The highest BCUT2D eigenvalue weighted by molar-refractivity contribution is 7.89. The molecule has 0 atom stereocenters. The summed E-state index contributed by atoms with van der Waals surface area (Å²) in [4.78, 5) is 22.5. The van der Waals surface area contributed by atoms with Crippen LogP contribution in [0.3, 0.4) is 0 Å². The Balaban J connectivity index is 0.000000198. The number of aromatic nitrogens is 3. The maximum absolute atomic E-state index is 12.9. The monoisotopic (exact) mass is 495 g/mol. The Bertz CT molecular complexity index is 1380. The Kier molecular flexibility index (Phi) is 8.68. The predicted molar refractivity (Wildman–Crippen MR) is 127 cm³/mol. The standard InChI is InChI=1S/C13H15N3O2S.C11H7FN2O2/c14-9-11-4-3-6-13(8-11)19(17,18)16-10-12-5-1-2-7-15-12;12-9-3-1-2-7(4-9)10-13-5-8(6-14-10)11(15)16/h1-8,16H,9-10,14H2;1-6H,(H,15,16). The molecule has 11 heteroatoms. The Morgan fingerprint density at radius 3 is 2.34 bits per heavy atom. The maximum Gasteiger partial charge on any atom is 0.338 e. The van der Waals surface area contributed by atoms with E-state index in [1.807, 2.05) is 6.07 Å². The minimum Gasteiger partial charge on any atom is -0.478 e. The zero-order valence-electron chi connectivity index (χ0n) is 18.4. The molecule has 0 saturated heterocycles. The molecule has 2 aromatic carbocycles. The van der Waals surface area contributed by atoms with Gasteiger partial charge in [-0.05, 0) is 42.0 Å². The van der Waals surface area contributed by atoms with E-state index in [0.717, 1.165) is 5.56 Å². The van der Waals surface area contributed by atoms with E-state index in [1.165, 1.54) is 24.5 Å². The normalized spacial score (nSPS) is 10.8. The number of nitrogens with zero attached hydrogens (tertiary/aromatic N) is 3. The van der Waals surface area contributed by atoms with E-state index in [0.29, 0.717) is 23.6 Å². The summed E-state index contributed by atoms with van der Waals surface area (Å²) >= 11 is 0. The highest BCUT2D eigenvalue weighted by Crippen LogP contribution is 2.15. The van der Waals surface area contributed by atoms with Gasteiger partial charge in [-0.3, -0.25) is 4.98 Å². The van der Waals surface area contributed by atoms with E-state index in [9.17, 15) is 17.6 Å². The summed E-state index contributed by atoms with van der Waals surface area (Å²) in [6.45, 7) is 0.472. The average molecular weight is 496 g/mol. The minimum atomic E-state index is -3.54. The average Bonchev–Trinajstić information content (AvgIpc) is 2.88. The molecule has 0 radical (unpaired) electrons. The van der Waals surface area contributed by atoms with Crippen molar-refractivity contribution in [3.63, 3.8) is 0 Å². The van der Waals surface area contributed by atoms with Crippen LogP contribution in [-0.4, -0.2) is 34.4 Å². The number of sulfonamides is 1. The van der Waals surface area contributed by atoms with Gasteiger partial charge >= 0.3 is 5.97 Å². The van der Waals surface area contributed by atoms with Crippen LogP contribution in [0.1, 0.15) is 21.6 Å². The van der Waals surface area contributed by atoms with Gasteiger partial charge in [-0.2, -0.15) is 0 Å². The van der Waals surface area contributed by atoms with Gasteiger partial charge in [0.15, 0.2) is 5.82 Å². The zero-order chi connectivity index (χ0) is 25.3. The molecule has 2 aromatic heterocycles. The van der Waals surface area contributed by atoms with Gasteiger partial charge in [0.2, 0.25) is 10.0 Å². The van der Waals surface area contributed by atoms with E-state index in [4.69, 9.17) is 10.8 Å². The number of nitrogens with one attached hydrogen (secondary N) is 1. The number of rotatable bonds is 7. The van der Waals surface area contributed by atoms with E-state index in [2.05, 4.69) is 19.7 Å². The van der Waals surface area contributed by atoms with Crippen molar-refractivity contribution in [2.24, 2.45) is 5.73 Å². The van der Waals surface area contributed by atoms with Crippen LogP contribution in [0.2, 0.25) is 0 Å². The molecule has 0 aliphatic carbocycles. The van der Waals surface area contributed by atoms with Gasteiger partial charge in [0.1, 0.15) is 5.82 Å². The molecular weight excluding hydrogens is 473 g/mol. The Hall–Kier alpha value is -4.06. The lowest BCUT2D eigenvalue weighted by Gasteiger charge is -2.07. The van der Waals surface area contributed by atoms with Gasteiger partial charge in [0, 0.05) is 30.7 Å². The highest BCUT2D eigenvalue weighted by atomic mass is 32.2.